The first-order valence-corrected chi connectivity index (χ1v) is 14.0. The van der Waals surface area contributed by atoms with Crippen molar-refractivity contribution in [2.75, 3.05) is 19.6 Å². The zero-order valence-corrected chi connectivity index (χ0v) is 23.7. The molecule has 3 aromatic rings. The fraction of sp³-hybridized carbons (Fsp3) is 0.281. The van der Waals surface area contributed by atoms with E-state index in [2.05, 4.69) is 5.32 Å². The van der Waals surface area contributed by atoms with E-state index in [1.54, 1.807) is 17.1 Å². The lowest BCUT2D eigenvalue weighted by atomic mass is 9.98. The predicted molar refractivity (Wildman–Crippen MR) is 155 cm³/mol. The van der Waals surface area contributed by atoms with Crippen LogP contribution >= 0.6 is 0 Å². The third-order valence-electron chi connectivity index (χ3n) is 7.62. The number of nitrogens with zero attached hydrogens (tertiary/aromatic N) is 4. The summed E-state index contributed by atoms with van der Waals surface area (Å²) >= 11 is 0. The maximum atomic E-state index is 14.7. The Morgan fingerprint density at radius 3 is 2.47 bits per heavy atom. The number of phenols is 1. The molecular formula is C32H33F2N5O4. The van der Waals surface area contributed by atoms with Gasteiger partial charge < -0.3 is 20.2 Å². The first-order chi connectivity index (χ1) is 20.7. The molecule has 2 aliphatic rings. The summed E-state index contributed by atoms with van der Waals surface area (Å²) in [6.45, 7) is 1.96. The number of carbonyl (C=O) groups excluding carboxylic acids is 3. The Kier molecular flexibility index (Phi) is 9.01. The number of rotatable bonds is 8. The van der Waals surface area contributed by atoms with Gasteiger partial charge in [-0.25, -0.2) is 23.6 Å². The van der Waals surface area contributed by atoms with Gasteiger partial charge >= 0.3 is 6.03 Å². The molecule has 0 spiro atoms. The maximum Gasteiger partial charge on any atom is 0.334 e. The van der Waals surface area contributed by atoms with E-state index in [0.717, 1.165) is 17.7 Å². The second-order valence-corrected chi connectivity index (χ2v) is 10.5. The highest BCUT2D eigenvalue weighted by molar-refractivity contribution is 5.91. The van der Waals surface area contributed by atoms with Gasteiger partial charge in [-0.2, -0.15) is 0 Å². The van der Waals surface area contributed by atoms with Crippen LogP contribution in [0.1, 0.15) is 23.6 Å². The van der Waals surface area contributed by atoms with Crippen molar-refractivity contribution in [2.45, 2.75) is 38.6 Å². The molecule has 0 bridgehead atoms. The smallest absolute Gasteiger partial charge is 0.334 e. The van der Waals surface area contributed by atoms with Crippen LogP contribution in [0.3, 0.4) is 0 Å². The SMILES string of the molecule is C/C=C\CN1CC(=O)N2[C@@H](Cc3ccc(O)cc3)C(=O)N(Cc3ccc(F)cc3F)C[C@@H]2N1C(=O)NCc1ccccc1. The zero-order valence-electron chi connectivity index (χ0n) is 23.7. The average Bonchev–Trinajstić information content (AvgIpc) is 2.99. The fourth-order valence-corrected chi connectivity index (χ4v) is 5.49. The van der Waals surface area contributed by atoms with Gasteiger partial charge in [0.1, 0.15) is 29.6 Å². The van der Waals surface area contributed by atoms with E-state index >= 15 is 0 Å². The highest BCUT2D eigenvalue weighted by Crippen LogP contribution is 2.30. The van der Waals surface area contributed by atoms with Gasteiger partial charge in [-0.05, 0) is 36.2 Å². The van der Waals surface area contributed by atoms with Gasteiger partial charge in [-0.3, -0.25) is 9.59 Å². The Morgan fingerprint density at radius 2 is 1.77 bits per heavy atom. The van der Waals surface area contributed by atoms with Gasteiger partial charge in [0, 0.05) is 37.7 Å². The number of phenolic OH excluding ortho intramolecular Hbond substituents is 1. The molecule has 11 heteroatoms. The third-order valence-corrected chi connectivity index (χ3v) is 7.62. The first-order valence-electron chi connectivity index (χ1n) is 14.0. The summed E-state index contributed by atoms with van der Waals surface area (Å²) in [5.74, 6) is -2.22. The van der Waals surface area contributed by atoms with Crippen LogP contribution in [-0.4, -0.2) is 74.6 Å². The van der Waals surface area contributed by atoms with Crippen LogP contribution in [0, 0.1) is 11.6 Å². The molecule has 0 aromatic heterocycles. The molecule has 224 valence electrons. The van der Waals surface area contributed by atoms with Gasteiger partial charge in [-0.15, -0.1) is 0 Å². The third kappa shape index (κ3) is 6.67. The number of benzene rings is 3. The van der Waals surface area contributed by atoms with E-state index in [0.29, 0.717) is 5.56 Å². The predicted octanol–water partition coefficient (Wildman–Crippen LogP) is 3.80. The van der Waals surface area contributed by atoms with Crippen LogP contribution < -0.4 is 5.32 Å². The number of hydrogen-bond donors (Lipinski definition) is 2. The maximum absolute atomic E-state index is 14.7. The Hall–Kier alpha value is -4.77. The van der Waals surface area contributed by atoms with Crippen LogP contribution in [0.2, 0.25) is 0 Å². The molecule has 2 aliphatic heterocycles. The summed E-state index contributed by atoms with van der Waals surface area (Å²) in [5.41, 5.74) is 1.69. The second kappa shape index (κ2) is 13.0. The number of amides is 4. The van der Waals surface area contributed by atoms with E-state index in [9.17, 15) is 28.3 Å². The van der Waals surface area contributed by atoms with Crippen molar-refractivity contribution in [2.24, 2.45) is 0 Å². The molecule has 43 heavy (non-hydrogen) atoms. The van der Waals surface area contributed by atoms with E-state index in [1.807, 2.05) is 49.4 Å². The Labute approximate surface area is 248 Å². The number of fused-ring (bicyclic) bond motifs is 1. The van der Waals surface area contributed by atoms with Gasteiger partial charge in [0.05, 0.1) is 13.1 Å². The molecule has 9 nitrogen and oxygen atoms in total. The normalized spacial score (nSPS) is 19.2. The minimum atomic E-state index is -1.01. The lowest BCUT2D eigenvalue weighted by Crippen LogP contribution is -2.76. The Morgan fingerprint density at radius 1 is 1.02 bits per heavy atom. The lowest BCUT2D eigenvalue weighted by Gasteiger charge is -2.55. The minimum absolute atomic E-state index is 0.0555. The molecule has 0 radical (unpaired) electrons. The number of carbonyl (C=O) groups is 3. The molecule has 0 unspecified atom stereocenters. The molecule has 0 aliphatic carbocycles. The lowest BCUT2D eigenvalue weighted by molar-refractivity contribution is -0.189. The highest BCUT2D eigenvalue weighted by Gasteiger charge is 2.51. The van der Waals surface area contributed by atoms with E-state index in [4.69, 9.17) is 0 Å². The van der Waals surface area contributed by atoms with Crippen molar-refractivity contribution < 1.29 is 28.3 Å². The van der Waals surface area contributed by atoms with Crippen molar-refractivity contribution >= 4 is 17.8 Å². The number of piperazine rings is 1. The van der Waals surface area contributed by atoms with Gasteiger partial charge in [0.2, 0.25) is 11.8 Å². The van der Waals surface area contributed by atoms with Crippen molar-refractivity contribution in [1.29, 1.82) is 0 Å². The average molecular weight is 590 g/mol. The summed E-state index contributed by atoms with van der Waals surface area (Å²) < 4.78 is 28.4. The number of halogens is 2. The zero-order chi connectivity index (χ0) is 30.5. The fourth-order valence-electron chi connectivity index (χ4n) is 5.49. The van der Waals surface area contributed by atoms with Crippen LogP contribution in [0.4, 0.5) is 13.6 Å². The summed E-state index contributed by atoms with van der Waals surface area (Å²) in [6.07, 6.45) is 2.86. The standard InChI is InChI=1S/C32H33F2N5O4/c1-2-3-15-37-21-30(41)38-28(16-22-9-13-26(40)14-10-22)31(42)36(19-24-11-12-25(33)17-27(24)34)20-29(38)39(37)32(43)35-18-23-7-5-4-6-8-23/h2-14,17,28-29,40H,15-16,18-21H2,1H3,(H,35,43)/b3-2-/t28-,29-/m0/s1. The number of allylic oxidation sites excluding steroid dienone is 1. The number of urea groups is 1. The highest BCUT2D eigenvalue weighted by atomic mass is 19.1. The molecule has 2 heterocycles. The molecule has 2 saturated heterocycles. The van der Waals surface area contributed by atoms with Crippen LogP contribution in [0.25, 0.3) is 0 Å². The Bertz CT molecular complexity index is 1500. The van der Waals surface area contributed by atoms with Gasteiger partial charge in [0.15, 0.2) is 0 Å². The quantitative estimate of drug-likeness (QED) is 0.390. The molecule has 4 amide bonds. The van der Waals surface area contributed by atoms with E-state index < -0.39 is 35.8 Å². The summed E-state index contributed by atoms with van der Waals surface area (Å²) in [7, 11) is 0. The van der Waals surface area contributed by atoms with Crippen molar-refractivity contribution in [3.05, 3.63) is 113 Å². The monoisotopic (exact) mass is 589 g/mol. The number of hydrazine groups is 1. The molecule has 2 N–H and O–H groups in total. The summed E-state index contributed by atoms with van der Waals surface area (Å²) in [4.78, 5) is 44.3. The Balaban J connectivity index is 1.51. The summed E-state index contributed by atoms with van der Waals surface area (Å²) in [5, 5.41) is 15.8. The van der Waals surface area contributed by atoms with Gasteiger partial charge in [-0.1, -0.05) is 60.7 Å². The van der Waals surface area contributed by atoms with Gasteiger partial charge in [0.25, 0.3) is 0 Å². The minimum Gasteiger partial charge on any atom is -0.508 e. The number of hydrogen-bond acceptors (Lipinski definition) is 5. The molecule has 0 saturated carbocycles. The molecular weight excluding hydrogens is 556 g/mol. The van der Waals surface area contributed by atoms with Crippen molar-refractivity contribution in [3.63, 3.8) is 0 Å². The summed E-state index contributed by atoms with van der Waals surface area (Å²) in [6, 6.07) is 17.4. The molecule has 3 aromatic carbocycles. The topological polar surface area (TPSA) is 96.4 Å². The van der Waals surface area contributed by atoms with E-state index in [-0.39, 0.29) is 56.4 Å². The molecule has 5 rings (SSSR count). The number of nitrogens with one attached hydrogen (secondary N) is 1. The van der Waals surface area contributed by atoms with Crippen LogP contribution in [0.5, 0.6) is 5.75 Å². The van der Waals surface area contributed by atoms with Crippen LogP contribution in [-0.2, 0) is 29.1 Å². The molecule has 2 fully saturated rings. The molecule has 2 atom stereocenters. The van der Waals surface area contributed by atoms with Crippen LogP contribution in [0.15, 0.2) is 84.9 Å². The number of aromatic hydroxyl groups is 1. The largest absolute Gasteiger partial charge is 0.508 e. The van der Waals surface area contributed by atoms with E-state index in [1.165, 1.54) is 33.0 Å². The second-order valence-electron chi connectivity index (χ2n) is 10.5. The van der Waals surface area contributed by atoms with Crippen molar-refractivity contribution in [1.82, 2.24) is 25.1 Å². The first kappa shape index (κ1) is 29.7. The van der Waals surface area contributed by atoms with Crippen molar-refractivity contribution in [3.8, 4) is 5.75 Å².